The number of ether oxygens (including phenoxy) is 1. The summed E-state index contributed by atoms with van der Waals surface area (Å²) in [4.78, 5) is 22.3. The van der Waals surface area contributed by atoms with Gasteiger partial charge in [-0.05, 0) is 26.7 Å². The molecule has 21 heavy (non-hydrogen) atoms. The zero-order chi connectivity index (χ0) is 15.4. The molecule has 7 heteroatoms. The standard InChI is InChI=1S/C14H19N3O4/c1-9(2)21-12-7-10(6-11(8-12)17(19)20)16-13-4-3-5-15-14(13)18/h6-9,13,16H,3-5H2,1-2H3,(H,15,18). The van der Waals surface area contributed by atoms with E-state index in [2.05, 4.69) is 10.6 Å². The van der Waals surface area contributed by atoms with Crippen LogP contribution >= 0.6 is 0 Å². The van der Waals surface area contributed by atoms with E-state index in [-0.39, 0.29) is 23.7 Å². The molecule has 114 valence electrons. The van der Waals surface area contributed by atoms with Gasteiger partial charge in [0.2, 0.25) is 5.91 Å². The smallest absolute Gasteiger partial charge is 0.275 e. The Morgan fingerprint density at radius 3 is 2.81 bits per heavy atom. The molecule has 1 unspecified atom stereocenters. The number of nitrogens with one attached hydrogen (secondary N) is 2. The summed E-state index contributed by atoms with van der Waals surface area (Å²) in [5.41, 5.74) is 0.453. The Morgan fingerprint density at radius 1 is 1.43 bits per heavy atom. The van der Waals surface area contributed by atoms with Crippen LogP contribution in [0.1, 0.15) is 26.7 Å². The average molecular weight is 293 g/mol. The van der Waals surface area contributed by atoms with Gasteiger partial charge < -0.3 is 15.4 Å². The highest BCUT2D eigenvalue weighted by molar-refractivity contribution is 5.85. The molecule has 0 bridgehead atoms. The molecule has 1 aliphatic rings. The number of nitrogens with zero attached hydrogens (tertiary/aromatic N) is 1. The fraction of sp³-hybridized carbons (Fsp3) is 0.500. The van der Waals surface area contributed by atoms with E-state index in [1.807, 2.05) is 13.8 Å². The second-order valence-corrected chi connectivity index (χ2v) is 5.27. The van der Waals surface area contributed by atoms with E-state index in [0.717, 1.165) is 6.42 Å². The summed E-state index contributed by atoms with van der Waals surface area (Å²) < 4.78 is 5.52. The lowest BCUT2D eigenvalue weighted by molar-refractivity contribution is -0.384. The maximum Gasteiger partial charge on any atom is 0.275 e. The summed E-state index contributed by atoms with van der Waals surface area (Å²) in [6, 6.07) is 4.10. The molecule has 1 saturated heterocycles. The van der Waals surface area contributed by atoms with Gasteiger partial charge in [0.25, 0.3) is 5.69 Å². The lowest BCUT2D eigenvalue weighted by Gasteiger charge is -2.24. The lowest BCUT2D eigenvalue weighted by atomic mass is 10.1. The molecule has 7 nitrogen and oxygen atoms in total. The van der Waals surface area contributed by atoms with Crippen molar-refractivity contribution in [2.75, 3.05) is 11.9 Å². The van der Waals surface area contributed by atoms with Crippen LogP contribution in [-0.2, 0) is 4.79 Å². The molecule has 1 heterocycles. The second-order valence-electron chi connectivity index (χ2n) is 5.27. The molecule has 0 aliphatic carbocycles. The molecule has 1 aromatic carbocycles. The molecule has 0 aromatic heterocycles. The summed E-state index contributed by atoms with van der Waals surface area (Å²) >= 11 is 0. The number of anilines is 1. The van der Waals surface area contributed by atoms with Crippen molar-refractivity contribution in [1.82, 2.24) is 5.32 Å². The molecule has 1 aliphatic heterocycles. The highest BCUT2D eigenvalue weighted by atomic mass is 16.6. The normalized spacial score (nSPS) is 18.2. The summed E-state index contributed by atoms with van der Waals surface area (Å²) in [6.45, 7) is 4.37. The largest absolute Gasteiger partial charge is 0.491 e. The molecule has 2 rings (SSSR count). The number of amides is 1. The fourth-order valence-electron chi connectivity index (χ4n) is 2.22. The number of non-ortho nitro benzene ring substituents is 1. The number of hydrogen-bond acceptors (Lipinski definition) is 5. The third-order valence-corrected chi connectivity index (χ3v) is 3.10. The average Bonchev–Trinajstić information content (AvgIpc) is 2.40. The highest BCUT2D eigenvalue weighted by Gasteiger charge is 2.22. The minimum Gasteiger partial charge on any atom is -0.491 e. The lowest BCUT2D eigenvalue weighted by Crippen LogP contribution is -2.44. The Balaban J connectivity index is 2.22. The van der Waals surface area contributed by atoms with E-state index in [0.29, 0.717) is 24.4 Å². The first-order valence-corrected chi connectivity index (χ1v) is 6.96. The van der Waals surface area contributed by atoms with Crippen molar-refractivity contribution in [3.05, 3.63) is 28.3 Å². The van der Waals surface area contributed by atoms with Gasteiger partial charge in [-0.15, -0.1) is 0 Å². The van der Waals surface area contributed by atoms with Gasteiger partial charge in [-0.1, -0.05) is 0 Å². The van der Waals surface area contributed by atoms with Gasteiger partial charge in [0.1, 0.15) is 11.8 Å². The van der Waals surface area contributed by atoms with E-state index in [1.165, 1.54) is 12.1 Å². The van der Waals surface area contributed by atoms with Crippen molar-refractivity contribution < 1.29 is 14.5 Å². The molecule has 1 amide bonds. The van der Waals surface area contributed by atoms with Crippen molar-refractivity contribution in [1.29, 1.82) is 0 Å². The van der Waals surface area contributed by atoms with Crippen LogP contribution in [0.3, 0.4) is 0 Å². The zero-order valence-electron chi connectivity index (χ0n) is 12.1. The topological polar surface area (TPSA) is 93.5 Å². The molecule has 1 fully saturated rings. The first-order valence-electron chi connectivity index (χ1n) is 6.96. The molecule has 2 N–H and O–H groups in total. The Hall–Kier alpha value is -2.31. The first kappa shape index (κ1) is 15.1. The second kappa shape index (κ2) is 6.43. The number of benzene rings is 1. The summed E-state index contributed by atoms with van der Waals surface area (Å²) in [5.74, 6) is 0.331. The molecule has 1 aromatic rings. The van der Waals surface area contributed by atoms with Crippen LogP contribution in [0.25, 0.3) is 0 Å². The minimum absolute atomic E-state index is 0.0631. The first-order chi connectivity index (χ1) is 9.95. The number of piperidine rings is 1. The van der Waals surface area contributed by atoms with Crippen LogP contribution in [-0.4, -0.2) is 29.5 Å². The fourth-order valence-corrected chi connectivity index (χ4v) is 2.22. The van der Waals surface area contributed by atoms with Crippen LogP contribution < -0.4 is 15.4 Å². The van der Waals surface area contributed by atoms with E-state index < -0.39 is 4.92 Å². The van der Waals surface area contributed by atoms with Crippen molar-refractivity contribution in [2.45, 2.75) is 38.8 Å². The summed E-state index contributed by atoms with van der Waals surface area (Å²) in [6.07, 6.45) is 1.50. The van der Waals surface area contributed by atoms with Crippen molar-refractivity contribution in [2.24, 2.45) is 0 Å². The van der Waals surface area contributed by atoms with Crippen LogP contribution in [0.2, 0.25) is 0 Å². The Morgan fingerprint density at radius 2 is 2.19 bits per heavy atom. The monoisotopic (exact) mass is 293 g/mol. The number of carbonyl (C=O) groups is 1. The van der Waals surface area contributed by atoms with Crippen LogP contribution in [0.5, 0.6) is 5.75 Å². The highest BCUT2D eigenvalue weighted by Crippen LogP contribution is 2.27. The molecule has 0 saturated carbocycles. The van der Waals surface area contributed by atoms with Gasteiger partial charge in [0.15, 0.2) is 0 Å². The number of carbonyl (C=O) groups excluding carboxylic acids is 1. The van der Waals surface area contributed by atoms with Crippen molar-refractivity contribution >= 4 is 17.3 Å². The molecular formula is C14H19N3O4. The van der Waals surface area contributed by atoms with Gasteiger partial charge >= 0.3 is 0 Å². The SMILES string of the molecule is CC(C)Oc1cc(NC2CCCNC2=O)cc([N+](=O)[O-])c1. The third kappa shape index (κ3) is 4.08. The predicted octanol–water partition coefficient (Wildman–Crippen LogP) is 2.07. The van der Waals surface area contributed by atoms with Crippen molar-refractivity contribution in [3.63, 3.8) is 0 Å². The van der Waals surface area contributed by atoms with E-state index in [4.69, 9.17) is 4.74 Å². The molecule has 1 atom stereocenters. The minimum atomic E-state index is -0.473. The quantitative estimate of drug-likeness (QED) is 0.640. The van der Waals surface area contributed by atoms with Gasteiger partial charge in [-0.3, -0.25) is 14.9 Å². The van der Waals surface area contributed by atoms with Crippen LogP contribution in [0.4, 0.5) is 11.4 Å². The van der Waals surface area contributed by atoms with Gasteiger partial charge in [0, 0.05) is 24.4 Å². The maximum absolute atomic E-state index is 11.7. The molecular weight excluding hydrogens is 274 g/mol. The zero-order valence-corrected chi connectivity index (χ0v) is 12.1. The van der Waals surface area contributed by atoms with Gasteiger partial charge in [-0.25, -0.2) is 0 Å². The molecule has 0 radical (unpaired) electrons. The van der Waals surface area contributed by atoms with Crippen LogP contribution in [0, 0.1) is 10.1 Å². The number of nitro benzene ring substituents is 1. The maximum atomic E-state index is 11.7. The third-order valence-electron chi connectivity index (χ3n) is 3.10. The van der Waals surface area contributed by atoms with E-state index in [9.17, 15) is 14.9 Å². The Kier molecular flexibility index (Phi) is 4.62. The Bertz CT molecular complexity index is 545. The van der Waals surface area contributed by atoms with Crippen molar-refractivity contribution in [3.8, 4) is 5.75 Å². The van der Waals surface area contributed by atoms with Crippen LogP contribution in [0.15, 0.2) is 18.2 Å². The number of hydrogen-bond donors (Lipinski definition) is 2. The molecule has 0 spiro atoms. The van der Waals surface area contributed by atoms with E-state index >= 15 is 0 Å². The van der Waals surface area contributed by atoms with E-state index in [1.54, 1.807) is 6.07 Å². The summed E-state index contributed by atoms with van der Waals surface area (Å²) in [5, 5.41) is 16.8. The predicted molar refractivity (Wildman–Crippen MR) is 78.5 cm³/mol. The summed E-state index contributed by atoms with van der Waals surface area (Å²) in [7, 11) is 0. The van der Waals surface area contributed by atoms with Gasteiger partial charge in [0.05, 0.1) is 17.1 Å². The van der Waals surface area contributed by atoms with Gasteiger partial charge in [-0.2, -0.15) is 0 Å². The number of rotatable bonds is 5. The Labute approximate surface area is 122 Å². The number of nitro groups is 1.